The minimum Gasteiger partial charge on any atom is -0.462 e. The van der Waals surface area contributed by atoms with Gasteiger partial charge in [0, 0.05) is 31.5 Å². The molecule has 6 saturated carbocycles. The van der Waals surface area contributed by atoms with Gasteiger partial charge in [0.2, 0.25) is 5.91 Å². The van der Waals surface area contributed by atoms with E-state index in [1.54, 1.807) is 21.0 Å². The first-order chi connectivity index (χ1) is 26.4. The van der Waals surface area contributed by atoms with Gasteiger partial charge in [-0.2, -0.15) is 0 Å². The number of ether oxygens (including phenoxy) is 5. The molecule has 9 nitrogen and oxygen atoms in total. The zero-order valence-electron chi connectivity index (χ0n) is 36.6. The highest BCUT2D eigenvalue weighted by Crippen LogP contribution is 2.78. The number of fused-ring (bicyclic) bond motifs is 7. The number of hydrogen-bond acceptors (Lipinski definition) is 8. The van der Waals surface area contributed by atoms with Crippen LogP contribution in [0.2, 0.25) is 0 Å². The molecule has 1 aliphatic heterocycles. The Balaban J connectivity index is 1.03. The van der Waals surface area contributed by atoms with Crippen LogP contribution in [0.4, 0.5) is 0 Å². The predicted octanol–water partition coefficient (Wildman–Crippen LogP) is 8.65. The molecule has 1 heterocycles. The summed E-state index contributed by atoms with van der Waals surface area (Å²) in [5, 5.41) is 0. The second-order valence-corrected chi connectivity index (χ2v) is 22.0. The van der Waals surface area contributed by atoms with Gasteiger partial charge in [-0.15, -0.1) is 0 Å². The van der Waals surface area contributed by atoms with Crippen molar-refractivity contribution in [2.45, 2.75) is 163 Å². The molecule has 0 spiro atoms. The second-order valence-electron chi connectivity index (χ2n) is 22.0. The Morgan fingerprint density at radius 1 is 0.768 bits per heavy atom. The zero-order chi connectivity index (χ0) is 40.3. The van der Waals surface area contributed by atoms with Crippen LogP contribution in [0.25, 0.3) is 0 Å². The fourth-order valence-electron chi connectivity index (χ4n) is 15.2. The first-order valence-electron chi connectivity index (χ1n) is 22.7. The fourth-order valence-corrected chi connectivity index (χ4v) is 15.2. The largest absolute Gasteiger partial charge is 0.462 e. The molecular weight excluding hydrogens is 707 g/mol. The summed E-state index contributed by atoms with van der Waals surface area (Å²) in [5.41, 5.74) is 0.0778. The number of rotatable bonds is 14. The van der Waals surface area contributed by atoms with Gasteiger partial charge in [-0.25, -0.2) is 0 Å². The molecule has 0 aromatic carbocycles. The van der Waals surface area contributed by atoms with E-state index < -0.39 is 5.60 Å². The van der Waals surface area contributed by atoms with Crippen molar-refractivity contribution in [3.8, 4) is 0 Å². The van der Waals surface area contributed by atoms with Crippen LogP contribution in [0.5, 0.6) is 0 Å². The molecule has 56 heavy (non-hydrogen) atoms. The maximum atomic E-state index is 14.6. The topological polar surface area (TPSA) is 101 Å². The van der Waals surface area contributed by atoms with Gasteiger partial charge in [-0.1, -0.05) is 41.5 Å². The first kappa shape index (κ1) is 42.4. The van der Waals surface area contributed by atoms with E-state index in [0.717, 1.165) is 45.2 Å². The summed E-state index contributed by atoms with van der Waals surface area (Å²) in [7, 11) is 1.69. The molecular formula is C47H77NO8. The van der Waals surface area contributed by atoms with E-state index in [-0.39, 0.29) is 52.2 Å². The Morgan fingerprint density at radius 3 is 2.14 bits per heavy atom. The molecule has 0 radical (unpaired) electrons. The molecule has 11 atom stereocenters. The van der Waals surface area contributed by atoms with Gasteiger partial charge in [-0.3, -0.25) is 14.4 Å². The third-order valence-corrected chi connectivity index (χ3v) is 18.6. The number of methoxy groups -OCH3 is 1. The molecule has 7 rings (SSSR count). The number of amides is 1. The molecule has 9 heteroatoms. The van der Waals surface area contributed by atoms with Gasteiger partial charge in [0.1, 0.15) is 11.7 Å². The van der Waals surface area contributed by atoms with E-state index in [1.807, 2.05) is 0 Å². The van der Waals surface area contributed by atoms with Gasteiger partial charge in [0.25, 0.3) is 6.47 Å². The minimum atomic E-state index is -0.874. The first-order valence-corrected chi connectivity index (χ1v) is 22.7. The summed E-state index contributed by atoms with van der Waals surface area (Å²) in [5.74, 6) is 3.96. The van der Waals surface area contributed by atoms with Crippen molar-refractivity contribution in [2.75, 3.05) is 46.6 Å². The van der Waals surface area contributed by atoms with E-state index in [4.69, 9.17) is 23.7 Å². The van der Waals surface area contributed by atoms with Crippen LogP contribution in [0.1, 0.15) is 145 Å². The van der Waals surface area contributed by atoms with Crippen molar-refractivity contribution in [3.05, 3.63) is 0 Å². The number of carbonyl (C=O) groups excluding carboxylic acids is 3. The van der Waals surface area contributed by atoms with Crippen molar-refractivity contribution in [2.24, 2.45) is 68.5 Å². The zero-order valence-corrected chi connectivity index (χ0v) is 36.6. The van der Waals surface area contributed by atoms with Crippen molar-refractivity contribution in [1.82, 2.24) is 4.90 Å². The lowest BCUT2D eigenvalue weighted by Crippen LogP contribution is -2.66. The molecule has 1 amide bonds. The number of carbonyl (C=O) groups is 3. The summed E-state index contributed by atoms with van der Waals surface area (Å²) in [6.07, 6.45) is 15.1. The molecule has 6 aliphatic carbocycles. The second kappa shape index (κ2) is 15.7. The van der Waals surface area contributed by atoms with E-state index in [9.17, 15) is 14.4 Å². The van der Waals surface area contributed by atoms with Crippen LogP contribution in [0.3, 0.4) is 0 Å². The van der Waals surface area contributed by atoms with Gasteiger partial charge in [-0.05, 0) is 154 Å². The van der Waals surface area contributed by atoms with Gasteiger partial charge in [0.05, 0.1) is 39.0 Å². The lowest BCUT2D eigenvalue weighted by Gasteiger charge is -2.72. The van der Waals surface area contributed by atoms with E-state index in [2.05, 4.69) is 46.4 Å². The molecule has 1 unspecified atom stereocenters. The van der Waals surface area contributed by atoms with Crippen LogP contribution in [0, 0.1) is 68.5 Å². The maximum absolute atomic E-state index is 14.6. The highest BCUT2D eigenvalue weighted by molar-refractivity contribution is 5.80. The van der Waals surface area contributed by atoms with Crippen LogP contribution in [-0.4, -0.2) is 87.7 Å². The Labute approximate surface area is 338 Å². The fraction of sp³-hybridized carbons (Fsp3) is 0.936. The highest BCUT2D eigenvalue weighted by atomic mass is 16.6. The average Bonchev–Trinajstić information content (AvgIpc) is 3.76. The summed E-state index contributed by atoms with van der Waals surface area (Å²) >= 11 is 0. The molecule has 318 valence electrons. The lowest BCUT2D eigenvalue weighted by atomic mass is 9.33. The number of likely N-dealkylation sites (tertiary alicyclic amines) is 1. The molecule has 7 aliphatic rings. The number of nitrogens with zero attached hydrogens (tertiary/aromatic N) is 1. The Kier molecular flexibility index (Phi) is 11.9. The smallest absolute Gasteiger partial charge is 0.310 e. The highest BCUT2D eigenvalue weighted by Gasteiger charge is 2.71. The molecule has 7 fully saturated rings. The third-order valence-electron chi connectivity index (χ3n) is 18.6. The Bertz CT molecular complexity index is 1430. The number of piperidine rings is 1. The van der Waals surface area contributed by atoms with E-state index in [0.29, 0.717) is 79.7 Å². The monoisotopic (exact) mass is 784 g/mol. The predicted molar refractivity (Wildman–Crippen MR) is 215 cm³/mol. The third kappa shape index (κ3) is 7.41. The molecule has 0 aromatic heterocycles. The SMILES string of the molecule is COCCOCCOC1CCN(C(=O)[C@@H]2C[C@@H](C3(C)CC3)[C@H]3C2CC[C@]2(C)[C@@H]3CC[C@@H]3[C@@]4(C)CC[C@H](OC(=O)CC(C)(C)OC=O)C(C)(C)[C@@H]4CC[C@]32C)CC1. The quantitative estimate of drug-likeness (QED) is 0.0981. The van der Waals surface area contributed by atoms with Crippen molar-refractivity contribution >= 4 is 18.3 Å². The summed E-state index contributed by atoms with van der Waals surface area (Å²) in [4.78, 5) is 41.0. The number of esters is 1. The summed E-state index contributed by atoms with van der Waals surface area (Å²) < 4.78 is 28.3. The van der Waals surface area contributed by atoms with Gasteiger partial charge in [0.15, 0.2) is 0 Å². The van der Waals surface area contributed by atoms with Gasteiger partial charge >= 0.3 is 5.97 Å². The maximum Gasteiger partial charge on any atom is 0.310 e. The Hall–Kier alpha value is -1.71. The summed E-state index contributed by atoms with van der Waals surface area (Å²) in [6.45, 7) is 23.2. The number of hydrogen-bond donors (Lipinski definition) is 0. The normalized spacial score (nSPS) is 41.4. The van der Waals surface area contributed by atoms with Crippen molar-refractivity contribution < 1.29 is 38.1 Å². The van der Waals surface area contributed by atoms with Crippen molar-refractivity contribution in [3.63, 3.8) is 0 Å². The van der Waals surface area contributed by atoms with Crippen molar-refractivity contribution in [1.29, 1.82) is 0 Å². The summed E-state index contributed by atoms with van der Waals surface area (Å²) in [6, 6.07) is 0. The van der Waals surface area contributed by atoms with Gasteiger partial charge < -0.3 is 28.6 Å². The van der Waals surface area contributed by atoms with Crippen LogP contribution < -0.4 is 0 Å². The van der Waals surface area contributed by atoms with Crippen LogP contribution >= 0.6 is 0 Å². The molecule has 1 saturated heterocycles. The average molecular weight is 784 g/mol. The minimum absolute atomic E-state index is 0.0648. The molecule has 0 bridgehead atoms. The standard InChI is InChI=1S/C47H77NO8/c1-42(2,55-30-49)29-39(50)56-38-14-17-45(6)36(43(38,3)4)13-19-47(8)37(45)11-10-34-40-32(12-18-46(34,47)7)33(28-35(40)44(5)20-21-44)41(51)48-22-15-31(16-23-48)54-27-26-53-25-24-52-9/h30-38,40H,10-29H2,1-9H3/t32?,33-,34-,35-,36+,37-,38+,40+,45+,46-,47-/m1/s1. The van der Waals surface area contributed by atoms with E-state index >= 15 is 0 Å². The lowest BCUT2D eigenvalue weighted by molar-refractivity contribution is -0.246. The van der Waals surface area contributed by atoms with Crippen LogP contribution in [-0.2, 0) is 38.1 Å². The molecule has 0 aromatic rings. The van der Waals surface area contributed by atoms with Crippen LogP contribution in [0.15, 0.2) is 0 Å². The van der Waals surface area contributed by atoms with E-state index in [1.165, 1.54) is 51.4 Å². The molecule has 0 N–H and O–H groups in total. The Morgan fingerprint density at radius 2 is 1.46 bits per heavy atom.